The normalized spacial score (nSPS) is 10.4. The summed E-state index contributed by atoms with van der Waals surface area (Å²) in [6, 6.07) is 7.01. The Morgan fingerprint density at radius 2 is 1.96 bits per heavy atom. The third-order valence-electron chi connectivity index (χ3n) is 2.97. The van der Waals surface area contributed by atoms with Crippen molar-refractivity contribution in [3.8, 4) is 11.4 Å². The van der Waals surface area contributed by atoms with E-state index in [0.29, 0.717) is 16.7 Å². The van der Waals surface area contributed by atoms with Crippen molar-refractivity contribution in [2.24, 2.45) is 0 Å². The quantitative estimate of drug-likeness (QED) is 0.749. The lowest BCUT2D eigenvalue weighted by Gasteiger charge is -2.09. The van der Waals surface area contributed by atoms with Crippen LogP contribution < -0.4 is 0 Å². The monoisotopic (exact) mass is 337 g/mol. The first kappa shape index (κ1) is 17.0. The second-order valence-corrected chi connectivity index (χ2v) is 5.40. The standard InChI is InChI=1S/C15H16ClN3O4/c1-19(2)13(20)9-22-14(21)8-7-12-17-15(18-23-12)10-3-5-11(16)6-4-10/h3-6H,7-9H2,1-2H3. The first-order chi connectivity index (χ1) is 11.0. The van der Waals surface area contributed by atoms with E-state index in [9.17, 15) is 9.59 Å². The molecule has 0 radical (unpaired) electrons. The van der Waals surface area contributed by atoms with Crippen LogP contribution >= 0.6 is 11.6 Å². The average molecular weight is 338 g/mol. The van der Waals surface area contributed by atoms with Gasteiger partial charge >= 0.3 is 5.97 Å². The van der Waals surface area contributed by atoms with Crippen LogP contribution in [-0.4, -0.2) is 47.6 Å². The lowest BCUT2D eigenvalue weighted by Crippen LogP contribution is -2.27. The number of benzene rings is 1. The van der Waals surface area contributed by atoms with Crippen LogP contribution in [0.3, 0.4) is 0 Å². The first-order valence-corrected chi connectivity index (χ1v) is 7.28. The summed E-state index contributed by atoms with van der Waals surface area (Å²) >= 11 is 5.82. The van der Waals surface area contributed by atoms with Crippen molar-refractivity contribution in [3.05, 3.63) is 35.2 Å². The molecular weight excluding hydrogens is 322 g/mol. The minimum absolute atomic E-state index is 0.0585. The molecule has 23 heavy (non-hydrogen) atoms. The molecule has 0 bridgehead atoms. The fourth-order valence-corrected chi connectivity index (χ4v) is 1.75. The molecule has 8 heteroatoms. The number of carbonyl (C=O) groups excluding carboxylic acids is 2. The third kappa shape index (κ3) is 5.07. The number of rotatable bonds is 6. The molecule has 2 aromatic rings. The molecule has 2 rings (SSSR count). The summed E-state index contributed by atoms with van der Waals surface area (Å²) in [5.74, 6) is -0.0220. The highest BCUT2D eigenvalue weighted by atomic mass is 35.5. The van der Waals surface area contributed by atoms with E-state index in [1.54, 1.807) is 38.4 Å². The van der Waals surface area contributed by atoms with E-state index in [0.717, 1.165) is 5.56 Å². The Labute approximate surface area is 138 Å². The highest BCUT2D eigenvalue weighted by molar-refractivity contribution is 6.30. The molecule has 1 aromatic carbocycles. The van der Waals surface area contributed by atoms with Gasteiger partial charge < -0.3 is 14.2 Å². The Hall–Kier alpha value is -2.41. The molecule has 1 heterocycles. The smallest absolute Gasteiger partial charge is 0.306 e. The van der Waals surface area contributed by atoms with E-state index in [2.05, 4.69) is 10.1 Å². The fourth-order valence-electron chi connectivity index (χ4n) is 1.63. The van der Waals surface area contributed by atoms with Gasteiger partial charge in [0, 0.05) is 31.1 Å². The Kier molecular flexibility index (Phi) is 5.70. The molecular formula is C15H16ClN3O4. The van der Waals surface area contributed by atoms with E-state index >= 15 is 0 Å². The number of esters is 1. The Morgan fingerprint density at radius 1 is 1.26 bits per heavy atom. The molecule has 0 aliphatic carbocycles. The molecule has 0 saturated heterocycles. The van der Waals surface area contributed by atoms with Gasteiger partial charge in [-0.25, -0.2) is 0 Å². The van der Waals surface area contributed by atoms with Gasteiger partial charge in [0.05, 0.1) is 6.42 Å². The van der Waals surface area contributed by atoms with Gasteiger partial charge in [0.15, 0.2) is 6.61 Å². The van der Waals surface area contributed by atoms with E-state index in [-0.39, 0.29) is 25.4 Å². The predicted octanol–water partition coefficient (Wildman–Crippen LogP) is 1.95. The van der Waals surface area contributed by atoms with Crippen LogP contribution in [-0.2, 0) is 20.7 Å². The zero-order chi connectivity index (χ0) is 16.8. The molecule has 0 saturated carbocycles. The van der Waals surface area contributed by atoms with Crippen LogP contribution in [0.2, 0.25) is 5.02 Å². The highest BCUT2D eigenvalue weighted by Crippen LogP contribution is 2.19. The third-order valence-corrected chi connectivity index (χ3v) is 3.22. The SMILES string of the molecule is CN(C)C(=O)COC(=O)CCc1nc(-c2ccc(Cl)cc2)no1. The fraction of sp³-hybridized carbons (Fsp3) is 0.333. The summed E-state index contributed by atoms with van der Waals surface area (Å²) in [5, 5.41) is 4.47. The molecule has 0 fully saturated rings. The number of hydrogen-bond donors (Lipinski definition) is 0. The van der Waals surface area contributed by atoms with Crippen LogP contribution in [0.15, 0.2) is 28.8 Å². The van der Waals surface area contributed by atoms with Gasteiger partial charge in [-0.05, 0) is 24.3 Å². The number of amides is 1. The zero-order valence-electron chi connectivity index (χ0n) is 12.8. The minimum atomic E-state index is -0.494. The van der Waals surface area contributed by atoms with E-state index in [4.69, 9.17) is 20.9 Å². The number of halogens is 1. The first-order valence-electron chi connectivity index (χ1n) is 6.90. The second-order valence-electron chi connectivity index (χ2n) is 4.97. The second kappa shape index (κ2) is 7.73. The van der Waals surface area contributed by atoms with E-state index in [1.165, 1.54) is 4.90 Å². The van der Waals surface area contributed by atoms with Crippen LogP contribution in [0.25, 0.3) is 11.4 Å². The number of ether oxygens (including phenoxy) is 1. The van der Waals surface area contributed by atoms with Gasteiger partial charge in [-0.3, -0.25) is 9.59 Å². The average Bonchev–Trinajstić information content (AvgIpc) is 3.00. The number of hydrogen-bond acceptors (Lipinski definition) is 6. The molecule has 0 spiro atoms. The van der Waals surface area contributed by atoms with Crippen LogP contribution in [0.1, 0.15) is 12.3 Å². The molecule has 0 unspecified atom stereocenters. The molecule has 0 atom stereocenters. The number of aryl methyl sites for hydroxylation is 1. The lowest BCUT2D eigenvalue weighted by atomic mass is 10.2. The van der Waals surface area contributed by atoms with Gasteiger partial charge in [-0.2, -0.15) is 4.98 Å². The Bertz CT molecular complexity index is 682. The number of likely N-dealkylation sites (N-methyl/N-ethyl adjacent to an activating group) is 1. The molecule has 0 aliphatic heterocycles. The van der Waals surface area contributed by atoms with Gasteiger partial charge in [-0.15, -0.1) is 0 Å². The molecule has 7 nitrogen and oxygen atoms in total. The predicted molar refractivity (Wildman–Crippen MR) is 82.7 cm³/mol. The van der Waals surface area contributed by atoms with Crippen LogP contribution in [0, 0.1) is 0 Å². The number of carbonyl (C=O) groups is 2. The summed E-state index contributed by atoms with van der Waals surface area (Å²) in [7, 11) is 3.18. The van der Waals surface area contributed by atoms with Gasteiger partial charge in [-0.1, -0.05) is 16.8 Å². The van der Waals surface area contributed by atoms with E-state index < -0.39 is 5.97 Å². The zero-order valence-corrected chi connectivity index (χ0v) is 13.5. The summed E-state index contributed by atoms with van der Waals surface area (Å²) in [5.41, 5.74) is 0.767. The maximum absolute atomic E-state index is 11.6. The summed E-state index contributed by atoms with van der Waals surface area (Å²) < 4.78 is 9.94. The van der Waals surface area contributed by atoms with Crippen molar-refractivity contribution in [1.29, 1.82) is 0 Å². The van der Waals surface area contributed by atoms with Crippen molar-refractivity contribution in [2.45, 2.75) is 12.8 Å². The van der Waals surface area contributed by atoms with Crippen LogP contribution in [0.4, 0.5) is 0 Å². The molecule has 122 valence electrons. The van der Waals surface area contributed by atoms with Gasteiger partial charge in [0.25, 0.3) is 5.91 Å². The van der Waals surface area contributed by atoms with Crippen molar-refractivity contribution in [1.82, 2.24) is 15.0 Å². The van der Waals surface area contributed by atoms with Crippen molar-refractivity contribution in [3.63, 3.8) is 0 Å². The summed E-state index contributed by atoms with van der Waals surface area (Å²) in [6.07, 6.45) is 0.304. The summed E-state index contributed by atoms with van der Waals surface area (Å²) in [6.45, 7) is -0.272. The molecule has 1 aromatic heterocycles. The van der Waals surface area contributed by atoms with Gasteiger partial charge in [0.1, 0.15) is 0 Å². The summed E-state index contributed by atoms with van der Waals surface area (Å²) in [4.78, 5) is 28.4. The Balaban J connectivity index is 1.84. The van der Waals surface area contributed by atoms with Gasteiger partial charge in [0.2, 0.25) is 11.7 Å². The lowest BCUT2D eigenvalue weighted by molar-refractivity contribution is -0.151. The maximum atomic E-state index is 11.6. The highest BCUT2D eigenvalue weighted by Gasteiger charge is 2.13. The number of nitrogens with zero attached hydrogens (tertiary/aromatic N) is 3. The van der Waals surface area contributed by atoms with Crippen molar-refractivity contribution in [2.75, 3.05) is 20.7 Å². The van der Waals surface area contributed by atoms with Crippen molar-refractivity contribution < 1.29 is 18.8 Å². The largest absolute Gasteiger partial charge is 0.456 e. The number of aromatic nitrogens is 2. The topological polar surface area (TPSA) is 85.5 Å². The van der Waals surface area contributed by atoms with E-state index in [1.807, 2.05) is 0 Å². The maximum Gasteiger partial charge on any atom is 0.306 e. The van der Waals surface area contributed by atoms with Crippen LogP contribution in [0.5, 0.6) is 0 Å². The molecule has 0 aliphatic rings. The molecule has 1 amide bonds. The molecule has 0 N–H and O–H groups in total. The minimum Gasteiger partial charge on any atom is -0.456 e. The van der Waals surface area contributed by atoms with Crippen molar-refractivity contribution >= 4 is 23.5 Å². The Morgan fingerprint density at radius 3 is 2.61 bits per heavy atom.